The number of likely N-dealkylation sites (N-methyl/N-ethyl adjacent to an activating group) is 1. The van der Waals surface area contributed by atoms with Crippen molar-refractivity contribution in [1.82, 2.24) is 10.2 Å². The number of hydrogen-bond donors (Lipinski definition) is 1. The van der Waals surface area contributed by atoms with Gasteiger partial charge in [-0.2, -0.15) is 0 Å². The topological polar surface area (TPSA) is 35.6 Å². The van der Waals surface area contributed by atoms with Crippen molar-refractivity contribution in [1.29, 1.82) is 0 Å². The fourth-order valence-corrected chi connectivity index (χ4v) is 2.35. The summed E-state index contributed by atoms with van der Waals surface area (Å²) in [6.45, 7) is 3.11. The Kier molecular flexibility index (Phi) is 4.20. The fourth-order valence-electron chi connectivity index (χ4n) is 2.35. The first kappa shape index (κ1) is 12.9. The number of carbonyl (C=O) groups is 1. The van der Waals surface area contributed by atoms with E-state index in [9.17, 15) is 4.79 Å². The molecular weight excluding hydrogens is 226 g/mol. The third kappa shape index (κ3) is 2.82. The quantitative estimate of drug-likeness (QED) is 0.868. The highest BCUT2D eigenvalue weighted by Gasteiger charge is 2.20. The lowest BCUT2D eigenvalue weighted by Crippen LogP contribution is -2.34. The molecule has 4 heteroatoms. The lowest BCUT2D eigenvalue weighted by molar-refractivity contribution is -0.127. The van der Waals surface area contributed by atoms with Gasteiger partial charge in [0, 0.05) is 32.4 Å². The first-order chi connectivity index (χ1) is 8.72. The predicted molar refractivity (Wildman–Crippen MR) is 73.7 cm³/mol. The second kappa shape index (κ2) is 5.87. The van der Waals surface area contributed by atoms with Crippen LogP contribution in [0.2, 0.25) is 0 Å². The fraction of sp³-hybridized carbons (Fsp3) is 0.500. The molecule has 0 bridgehead atoms. The Bertz CT molecular complexity index is 419. The molecule has 0 radical (unpaired) electrons. The van der Waals surface area contributed by atoms with Crippen molar-refractivity contribution in [3.05, 3.63) is 29.8 Å². The normalized spacial score (nSPS) is 16.9. The number of rotatable bonds is 3. The maximum atomic E-state index is 11.9. The van der Waals surface area contributed by atoms with E-state index in [-0.39, 0.29) is 5.91 Å². The second-order valence-electron chi connectivity index (χ2n) is 4.75. The number of para-hydroxylation sites is 1. The van der Waals surface area contributed by atoms with Gasteiger partial charge in [0.15, 0.2) is 0 Å². The number of nitrogens with one attached hydrogen (secondary N) is 1. The molecule has 1 N–H and O–H groups in total. The van der Waals surface area contributed by atoms with Gasteiger partial charge in [0.2, 0.25) is 5.91 Å². The van der Waals surface area contributed by atoms with Crippen molar-refractivity contribution in [2.24, 2.45) is 0 Å². The molecule has 2 rings (SSSR count). The molecule has 0 aliphatic carbocycles. The first-order valence-corrected chi connectivity index (χ1v) is 6.44. The Morgan fingerprint density at radius 2 is 2.06 bits per heavy atom. The molecule has 98 valence electrons. The lowest BCUT2D eigenvalue weighted by atomic mass is 10.1. The summed E-state index contributed by atoms with van der Waals surface area (Å²) in [4.78, 5) is 15.9. The number of hydrogen-bond acceptors (Lipinski definition) is 3. The van der Waals surface area contributed by atoms with Gasteiger partial charge in [0.25, 0.3) is 0 Å². The van der Waals surface area contributed by atoms with Gasteiger partial charge < -0.3 is 15.1 Å². The molecule has 1 aliphatic heterocycles. The first-order valence-electron chi connectivity index (χ1n) is 6.44. The molecule has 0 unspecified atom stereocenters. The smallest absolute Gasteiger partial charge is 0.241 e. The van der Waals surface area contributed by atoms with Crippen LogP contribution in [0.5, 0.6) is 0 Å². The van der Waals surface area contributed by atoms with Crippen LogP contribution in [0.15, 0.2) is 24.3 Å². The van der Waals surface area contributed by atoms with Gasteiger partial charge in [-0.3, -0.25) is 4.79 Å². The van der Waals surface area contributed by atoms with Crippen LogP contribution in [0.25, 0.3) is 0 Å². The summed E-state index contributed by atoms with van der Waals surface area (Å²) in [5.41, 5.74) is 2.42. The van der Waals surface area contributed by atoms with E-state index < -0.39 is 0 Å². The standard InChI is InChI=1S/C14H21N3O/c1-15-10-12-6-3-4-7-13(12)17-9-5-8-16(2)14(18)11-17/h3-4,6-7,15H,5,8-11H2,1-2H3. The highest BCUT2D eigenvalue weighted by Crippen LogP contribution is 2.21. The molecule has 1 amide bonds. The van der Waals surface area contributed by atoms with Crippen molar-refractivity contribution >= 4 is 11.6 Å². The largest absolute Gasteiger partial charge is 0.362 e. The van der Waals surface area contributed by atoms with Crippen molar-refractivity contribution in [2.45, 2.75) is 13.0 Å². The van der Waals surface area contributed by atoms with Crippen LogP contribution in [-0.4, -0.2) is 44.5 Å². The molecule has 0 atom stereocenters. The molecule has 1 aliphatic rings. The highest BCUT2D eigenvalue weighted by atomic mass is 16.2. The van der Waals surface area contributed by atoms with Gasteiger partial charge in [-0.25, -0.2) is 0 Å². The molecule has 4 nitrogen and oxygen atoms in total. The Labute approximate surface area is 109 Å². The number of anilines is 1. The summed E-state index contributed by atoms with van der Waals surface area (Å²) >= 11 is 0. The number of nitrogens with zero attached hydrogens (tertiary/aromatic N) is 2. The number of amides is 1. The summed E-state index contributed by atoms with van der Waals surface area (Å²) in [7, 11) is 3.82. The monoisotopic (exact) mass is 247 g/mol. The molecule has 18 heavy (non-hydrogen) atoms. The van der Waals surface area contributed by atoms with E-state index in [0.29, 0.717) is 6.54 Å². The predicted octanol–water partition coefficient (Wildman–Crippen LogP) is 1.07. The zero-order valence-electron chi connectivity index (χ0n) is 11.1. The summed E-state index contributed by atoms with van der Waals surface area (Å²) < 4.78 is 0. The molecule has 1 aromatic rings. The van der Waals surface area contributed by atoms with Crippen LogP contribution in [-0.2, 0) is 11.3 Å². The summed E-state index contributed by atoms with van der Waals surface area (Å²) in [6.07, 6.45) is 1.02. The average molecular weight is 247 g/mol. The van der Waals surface area contributed by atoms with Gasteiger partial charge in [-0.15, -0.1) is 0 Å². The Morgan fingerprint density at radius 3 is 2.83 bits per heavy atom. The maximum Gasteiger partial charge on any atom is 0.241 e. The minimum atomic E-state index is 0.201. The molecule has 1 heterocycles. The maximum absolute atomic E-state index is 11.9. The van der Waals surface area contributed by atoms with Crippen LogP contribution in [0.3, 0.4) is 0 Å². The SMILES string of the molecule is CNCc1ccccc1N1CCCN(C)C(=O)C1. The lowest BCUT2D eigenvalue weighted by Gasteiger charge is -2.24. The molecule has 0 saturated carbocycles. The highest BCUT2D eigenvalue weighted by molar-refractivity contribution is 5.82. The van der Waals surface area contributed by atoms with Crippen LogP contribution in [0, 0.1) is 0 Å². The summed E-state index contributed by atoms with van der Waals surface area (Å²) in [6, 6.07) is 8.30. The van der Waals surface area contributed by atoms with Gasteiger partial charge in [0.05, 0.1) is 6.54 Å². The number of carbonyl (C=O) groups excluding carboxylic acids is 1. The van der Waals surface area contributed by atoms with E-state index in [2.05, 4.69) is 22.3 Å². The van der Waals surface area contributed by atoms with Gasteiger partial charge in [-0.1, -0.05) is 18.2 Å². The summed E-state index contributed by atoms with van der Waals surface area (Å²) in [5.74, 6) is 0.201. The van der Waals surface area contributed by atoms with E-state index in [1.165, 1.54) is 11.3 Å². The molecule has 0 spiro atoms. The molecule has 1 saturated heterocycles. The molecule has 0 aromatic heterocycles. The van der Waals surface area contributed by atoms with Gasteiger partial charge in [0.1, 0.15) is 0 Å². The Morgan fingerprint density at radius 1 is 1.28 bits per heavy atom. The van der Waals surface area contributed by atoms with Crippen LogP contribution < -0.4 is 10.2 Å². The van der Waals surface area contributed by atoms with Crippen LogP contribution in [0.4, 0.5) is 5.69 Å². The third-order valence-electron chi connectivity index (χ3n) is 3.37. The van der Waals surface area contributed by atoms with Crippen molar-refractivity contribution in [2.75, 3.05) is 38.6 Å². The van der Waals surface area contributed by atoms with Crippen LogP contribution >= 0.6 is 0 Å². The van der Waals surface area contributed by atoms with Crippen LogP contribution in [0.1, 0.15) is 12.0 Å². The van der Waals surface area contributed by atoms with Crippen molar-refractivity contribution in [3.63, 3.8) is 0 Å². The molecule has 1 fully saturated rings. The zero-order valence-corrected chi connectivity index (χ0v) is 11.1. The van der Waals surface area contributed by atoms with E-state index >= 15 is 0 Å². The van der Waals surface area contributed by atoms with E-state index in [0.717, 1.165) is 26.1 Å². The van der Waals surface area contributed by atoms with Crippen molar-refractivity contribution in [3.8, 4) is 0 Å². The van der Waals surface area contributed by atoms with E-state index in [4.69, 9.17) is 0 Å². The van der Waals surface area contributed by atoms with Crippen molar-refractivity contribution < 1.29 is 4.79 Å². The van der Waals surface area contributed by atoms with E-state index in [1.54, 1.807) is 0 Å². The Balaban J connectivity index is 2.22. The van der Waals surface area contributed by atoms with Gasteiger partial charge >= 0.3 is 0 Å². The average Bonchev–Trinajstić information content (AvgIpc) is 2.53. The molecular formula is C14H21N3O. The zero-order chi connectivity index (χ0) is 13.0. The van der Waals surface area contributed by atoms with E-state index in [1.807, 2.05) is 31.1 Å². The number of benzene rings is 1. The minimum Gasteiger partial charge on any atom is -0.362 e. The third-order valence-corrected chi connectivity index (χ3v) is 3.37. The minimum absolute atomic E-state index is 0.201. The van der Waals surface area contributed by atoms with Gasteiger partial charge in [-0.05, 0) is 25.1 Å². The Hall–Kier alpha value is -1.55. The summed E-state index contributed by atoms with van der Waals surface area (Å²) in [5, 5.41) is 3.18. The second-order valence-corrected chi connectivity index (χ2v) is 4.75. The molecule has 1 aromatic carbocycles.